The maximum Gasteiger partial charge on any atom is 0.249 e. The van der Waals surface area contributed by atoms with Gasteiger partial charge in [-0.2, -0.15) is 10.1 Å². The molecule has 0 saturated carbocycles. The fourth-order valence-corrected chi connectivity index (χ4v) is 2.30. The van der Waals surface area contributed by atoms with Gasteiger partial charge in [0.15, 0.2) is 0 Å². The minimum atomic E-state index is -0.726. The number of ether oxygens (including phenoxy) is 1. The molecule has 114 valence electrons. The molecular formula is C14H15N5O3. The maximum absolute atomic E-state index is 12.5. The largest absolute Gasteiger partial charge is 0.497 e. The summed E-state index contributed by atoms with van der Waals surface area (Å²) < 4.78 is 6.55. The summed E-state index contributed by atoms with van der Waals surface area (Å²) in [5.74, 6) is 0.840. The lowest BCUT2D eigenvalue weighted by Gasteiger charge is -2.22. The Bertz CT molecular complexity index is 740. The Balaban J connectivity index is 1.84. The molecular weight excluding hydrogens is 286 g/mol. The number of methoxy groups -OCH3 is 1. The van der Waals surface area contributed by atoms with Crippen LogP contribution in [0.3, 0.4) is 0 Å². The van der Waals surface area contributed by atoms with Gasteiger partial charge in [-0.3, -0.25) is 14.9 Å². The number of carbonyl (C=O) groups excluding carboxylic acids is 2. The molecule has 0 spiro atoms. The van der Waals surface area contributed by atoms with Crippen molar-refractivity contribution in [3.63, 3.8) is 0 Å². The van der Waals surface area contributed by atoms with Crippen LogP contribution in [0.2, 0.25) is 0 Å². The monoisotopic (exact) mass is 301 g/mol. The molecule has 0 fully saturated rings. The lowest BCUT2D eigenvalue weighted by molar-refractivity contribution is -0.125. The van der Waals surface area contributed by atoms with Crippen LogP contribution in [0.1, 0.15) is 18.3 Å². The smallest absolute Gasteiger partial charge is 0.249 e. The molecule has 1 atom stereocenters. The first-order valence-corrected chi connectivity index (χ1v) is 6.75. The third-order valence-corrected chi connectivity index (χ3v) is 3.30. The van der Waals surface area contributed by atoms with Gasteiger partial charge in [0.05, 0.1) is 13.5 Å². The highest BCUT2D eigenvalue weighted by Gasteiger charge is 2.32. The van der Waals surface area contributed by atoms with E-state index in [9.17, 15) is 9.59 Å². The van der Waals surface area contributed by atoms with Crippen molar-refractivity contribution < 1.29 is 14.3 Å². The number of rotatable bonds is 3. The van der Waals surface area contributed by atoms with Crippen molar-refractivity contribution in [3.05, 3.63) is 30.1 Å². The van der Waals surface area contributed by atoms with Crippen molar-refractivity contribution >= 4 is 23.5 Å². The Morgan fingerprint density at radius 1 is 1.50 bits per heavy atom. The highest BCUT2D eigenvalue weighted by Crippen LogP contribution is 2.25. The Hall–Kier alpha value is -2.90. The quantitative estimate of drug-likeness (QED) is 0.885. The molecule has 2 aromatic rings. The molecule has 1 aromatic carbocycles. The Morgan fingerprint density at radius 3 is 3.09 bits per heavy atom. The van der Waals surface area contributed by atoms with Crippen LogP contribution in [0.5, 0.6) is 5.75 Å². The Morgan fingerprint density at radius 2 is 2.32 bits per heavy atom. The van der Waals surface area contributed by atoms with Crippen LogP contribution in [0.4, 0.5) is 11.6 Å². The van der Waals surface area contributed by atoms with Gasteiger partial charge in [-0.25, -0.2) is 4.68 Å². The molecule has 2 heterocycles. The zero-order valence-corrected chi connectivity index (χ0v) is 12.2. The minimum absolute atomic E-state index is 0.0194. The molecule has 3 rings (SSSR count). The maximum atomic E-state index is 12.5. The average Bonchev–Trinajstić information content (AvgIpc) is 2.86. The van der Waals surface area contributed by atoms with E-state index in [0.29, 0.717) is 23.2 Å². The predicted octanol–water partition coefficient (Wildman–Crippen LogP) is 1.12. The van der Waals surface area contributed by atoms with Gasteiger partial charge in [0.1, 0.15) is 17.6 Å². The number of nitrogens with one attached hydrogen (secondary N) is 2. The van der Waals surface area contributed by atoms with Gasteiger partial charge in [0.25, 0.3) is 0 Å². The number of anilines is 2. The van der Waals surface area contributed by atoms with Crippen molar-refractivity contribution in [3.8, 4) is 5.75 Å². The molecule has 2 amide bonds. The first-order valence-electron chi connectivity index (χ1n) is 6.75. The van der Waals surface area contributed by atoms with Crippen LogP contribution in [-0.4, -0.2) is 33.7 Å². The number of fused-ring (bicyclic) bond motifs is 1. The lowest BCUT2D eigenvalue weighted by atomic mass is 10.1. The fourth-order valence-electron chi connectivity index (χ4n) is 2.30. The van der Waals surface area contributed by atoms with Crippen LogP contribution in [-0.2, 0) is 9.59 Å². The summed E-state index contributed by atoms with van der Waals surface area (Å²) in [4.78, 5) is 28.3. The summed E-state index contributed by atoms with van der Waals surface area (Å²) in [6, 6.07) is 6.27. The molecule has 0 unspecified atom stereocenters. The van der Waals surface area contributed by atoms with E-state index in [2.05, 4.69) is 20.7 Å². The van der Waals surface area contributed by atoms with Crippen molar-refractivity contribution in [1.82, 2.24) is 14.8 Å². The third-order valence-electron chi connectivity index (χ3n) is 3.30. The van der Waals surface area contributed by atoms with Crippen molar-refractivity contribution in [2.45, 2.75) is 19.4 Å². The normalized spacial score (nSPS) is 16.6. The molecule has 8 nitrogen and oxygen atoms in total. The molecule has 2 N–H and O–H groups in total. The summed E-state index contributed by atoms with van der Waals surface area (Å²) >= 11 is 0. The standard InChI is InChI=1S/C14H15N5O3/c1-8-15-14-17-12(20)7-11(19(14)18-8)13(21)16-9-4-3-5-10(6-9)22-2/h3-6,11H,7H2,1-2H3,(H,16,21)(H,15,17,18,20)/t11-/m0/s1. The van der Waals surface area contributed by atoms with Crippen molar-refractivity contribution in [2.75, 3.05) is 17.7 Å². The highest BCUT2D eigenvalue weighted by molar-refractivity contribution is 6.00. The molecule has 1 aliphatic heterocycles. The number of aryl methyl sites for hydroxylation is 1. The molecule has 1 aliphatic rings. The Labute approximate surface area is 126 Å². The third kappa shape index (κ3) is 2.62. The summed E-state index contributed by atoms with van der Waals surface area (Å²) in [7, 11) is 1.55. The van der Waals surface area contributed by atoms with E-state index in [-0.39, 0.29) is 18.2 Å². The van der Waals surface area contributed by atoms with E-state index in [4.69, 9.17) is 4.74 Å². The molecule has 0 bridgehead atoms. The molecule has 8 heteroatoms. The van der Waals surface area contributed by atoms with Gasteiger partial charge in [-0.05, 0) is 19.1 Å². The summed E-state index contributed by atoms with van der Waals surface area (Å²) in [6.45, 7) is 1.70. The zero-order valence-electron chi connectivity index (χ0n) is 12.2. The van der Waals surface area contributed by atoms with Crippen molar-refractivity contribution in [2.24, 2.45) is 0 Å². The summed E-state index contributed by atoms with van der Waals surface area (Å²) in [5.41, 5.74) is 0.591. The number of hydrogen-bond acceptors (Lipinski definition) is 5. The van der Waals surface area contributed by atoms with E-state index in [1.54, 1.807) is 38.3 Å². The molecule has 1 aromatic heterocycles. The van der Waals surface area contributed by atoms with E-state index in [0.717, 1.165) is 0 Å². The van der Waals surface area contributed by atoms with Crippen LogP contribution >= 0.6 is 0 Å². The number of aromatic nitrogens is 3. The fraction of sp³-hybridized carbons (Fsp3) is 0.286. The number of nitrogens with zero attached hydrogens (tertiary/aromatic N) is 3. The summed E-state index contributed by atoms with van der Waals surface area (Å²) in [5, 5.41) is 9.54. The second-order valence-electron chi connectivity index (χ2n) is 4.92. The number of carbonyl (C=O) groups is 2. The first kappa shape index (κ1) is 14.1. The van der Waals surface area contributed by atoms with Gasteiger partial charge in [0, 0.05) is 11.8 Å². The van der Waals surface area contributed by atoms with E-state index in [1.807, 2.05) is 0 Å². The highest BCUT2D eigenvalue weighted by atomic mass is 16.5. The second kappa shape index (κ2) is 5.47. The van der Waals surface area contributed by atoms with Crippen LogP contribution < -0.4 is 15.4 Å². The lowest BCUT2D eigenvalue weighted by Crippen LogP contribution is -2.36. The zero-order chi connectivity index (χ0) is 15.7. The number of amides is 2. The van der Waals surface area contributed by atoms with Gasteiger partial charge >= 0.3 is 0 Å². The summed E-state index contributed by atoms with van der Waals surface area (Å²) in [6.07, 6.45) is 0.0194. The van der Waals surface area contributed by atoms with Gasteiger partial charge in [0.2, 0.25) is 17.8 Å². The molecule has 0 saturated heterocycles. The Kier molecular flexibility index (Phi) is 3.50. The molecule has 0 aliphatic carbocycles. The SMILES string of the molecule is COc1cccc(NC(=O)[C@@H]2CC(=O)Nc3nc(C)nn32)c1. The average molecular weight is 301 g/mol. The predicted molar refractivity (Wildman–Crippen MR) is 78.7 cm³/mol. The van der Waals surface area contributed by atoms with Crippen LogP contribution in [0.15, 0.2) is 24.3 Å². The molecule has 22 heavy (non-hydrogen) atoms. The molecule has 0 radical (unpaired) electrons. The van der Waals surface area contributed by atoms with E-state index in [1.165, 1.54) is 4.68 Å². The van der Waals surface area contributed by atoms with E-state index >= 15 is 0 Å². The number of benzene rings is 1. The van der Waals surface area contributed by atoms with Gasteiger partial charge in [-0.15, -0.1) is 0 Å². The number of hydrogen-bond donors (Lipinski definition) is 2. The van der Waals surface area contributed by atoms with E-state index < -0.39 is 6.04 Å². The minimum Gasteiger partial charge on any atom is -0.497 e. The first-order chi connectivity index (χ1) is 10.6. The topological polar surface area (TPSA) is 98.1 Å². The van der Waals surface area contributed by atoms with Gasteiger partial charge < -0.3 is 10.1 Å². The van der Waals surface area contributed by atoms with Crippen molar-refractivity contribution in [1.29, 1.82) is 0 Å². The second-order valence-corrected chi connectivity index (χ2v) is 4.92. The van der Waals surface area contributed by atoms with Crippen LogP contribution in [0, 0.1) is 6.92 Å². The van der Waals surface area contributed by atoms with Gasteiger partial charge in [-0.1, -0.05) is 6.07 Å². The van der Waals surface area contributed by atoms with Crippen LogP contribution in [0.25, 0.3) is 0 Å².